The van der Waals surface area contributed by atoms with Gasteiger partial charge in [0, 0.05) is 24.8 Å². The Morgan fingerprint density at radius 2 is 1.90 bits per heavy atom. The molecule has 0 aliphatic carbocycles. The maximum Gasteiger partial charge on any atom is 0.295 e. The van der Waals surface area contributed by atoms with Gasteiger partial charge < -0.3 is 24.2 Å². The zero-order chi connectivity index (χ0) is 21.3. The number of likely N-dealkylation sites (tertiary alicyclic amines) is 1. The van der Waals surface area contributed by atoms with Crippen LogP contribution in [0, 0.1) is 5.82 Å². The van der Waals surface area contributed by atoms with Gasteiger partial charge >= 0.3 is 0 Å². The molecule has 2 aromatic carbocycles. The van der Waals surface area contributed by atoms with Gasteiger partial charge in [0.15, 0.2) is 11.5 Å². The van der Waals surface area contributed by atoms with Gasteiger partial charge in [0.1, 0.15) is 24.8 Å². The predicted molar refractivity (Wildman–Crippen MR) is 105 cm³/mol. The molecule has 1 amide bonds. The van der Waals surface area contributed by atoms with Crippen LogP contribution >= 0.6 is 0 Å². The van der Waals surface area contributed by atoms with E-state index in [2.05, 4.69) is 0 Å². The first kappa shape index (κ1) is 19.9. The molecule has 0 saturated carbocycles. The van der Waals surface area contributed by atoms with E-state index in [1.165, 1.54) is 36.3 Å². The minimum absolute atomic E-state index is 0.0675. The molecule has 1 atom stereocenters. The number of ketones is 1. The summed E-state index contributed by atoms with van der Waals surface area (Å²) in [6.45, 7) is 0.990. The molecule has 156 valence electrons. The Kier molecular flexibility index (Phi) is 5.41. The monoisotopic (exact) mass is 413 g/mol. The molecule has 0 bridgehead atoms. The summed E-state index contributed by atoms with van der Waals surface area (Å²) in [5, 5.41) is 11.0. The highest BCUT2D eigenvalue weighted by Gasteiger charge is 2.46. The van der Waals surface area contributed by atoms with Crippen LogP contribution in [0.4, 0.5) is 4.39 Å². The highest BCUT2D eigenvalue weighted by molar-refractivity contribution is 6.46. The fourth-order valence-corrected chi connectivity index (χ4v) is 3.67. The average Bonchev–Trinajstić information content (AvgIpc) is 3.01. The van der Waals surface area contributed by atoms with Gasteiger partial charge in [-0.1, -0.05) is 18.2 Å². The van der Waals surface area contributed by atoms with Crippen molar-refractivity contribution >= 4 is 17.4 Å². The van der Waals surface area contributed by atoms with E-state index in [-0.39, 0.29) is 29.9 Å². The Labute approximate surface area is 172 Å². The average molecular weight is 413 g/mol. The summed E-state index contributed by atoms with van der Waals surface area (Å²) >= 11 is 0. The number of aliphatic hydroxyl groups is 1. The largest absolute Gasteiger partial charge is 0.507 e. The van der Waals surface area contributed by atoms with Crippen LogP contribution < -0.4 is 9.47 Å². The summed E-state index contributed by atoms with van der Waals surface area (Å²) in [5.74, 6) is -1.75. The standard InChI is InChI=1S/C22H20FNO6/c1-28-9-8-24-19(14-4-2-3-5-15(14)23)18(21(26)22(24)27)20(25)13-6-7-16-17(12-13)30-11-10-29-16/h2-7,12,19,25H,8-11H2,1H3/b20-18+/t19-/m1/s1. The van der Waals surface area contributed by atoms with E-state index in [0.29, 0.717) is 24.7 Å². The van der Waals surface area contributed by atoms with Crippen LogP contribution in [0.2, 0.25) is 0 Å². The lowest BCUT2D eigenvalue weighted by Gasteiger charge is -2.25. The van der Waals surface area contributed by atoms with Crippen molar-refractivity contribution in [1.29, 1.82) is 0 Å². The van der Waals surface area contributed by atoms with Crippen molar-refractivity contribution < 1.29 is 33.3 Å². The lowest BCUT2D eigenvalue weighted by molar-refractivity contribution is -0.140. The summed E-state index contributed by atoms with van der Waals surface area (Å²) in [6, 6.07) is 9.49. The van der Waals surface area contributed by atoms with Gasteiger partial charge in [-0.15, -0.1) is 0 Å². The number of benzene rings is 2. The fourth-order valence-electron chi connectivity index (χ4n) is 3.67. The van der Waals surface area contributed by atoms with Crippen LogP contribution in [0.5, 0.6) is 11.5 Å². The molecule has 0 unspecified atom stereocenters. The number of amides is 1. The molecule has 2 aliphatic heterocycles. The third kappa shape index (κ3) is 3.39. The van der Waals surface area contributed by atoms with Gasteiger partial charge in [-0.3, -0.25) is 9.59 Å². The molecule has 0 radical (unpaired) electrons. The summed E-state index contributed by atoms with van der Waals surface area (Å²) in [6.07, 6.45) is 0. The van der Waals surface area contributed by atoms with Crippen molar-refractivity contribution in [3.63, 3.8) is 0 Å². The number of hydrogen-bond donors (Lipinski definition) is 1. The highest BCUT2D eigenvalue weighted by atomic mass is 19.1. The van der Waals surface area contributed by atoms with Crippen molar-refractivity contribution in [1.82, 2.24) is 4.90 Å². The van der Waals surface area contributed by atoms with Crippen molar-refractivity contribution in [3.05, 3.63) is 65.0 Å². The number of nitrogens with zero attached hydrogens (tertiary/aromatic N) is 1. The third-order valence-electron chi connectivity index (χ3n) is 5.09. The Bertz CT molecular complexity index is 1030. The van der Waals surface area contributed by atoms with Gasteiger partial charge in [0.25, 0.3) is 11.7 Å². The molecule has 4 rings (SSSR count). The molecule has 0 aromatic heterocycles. The molecule has 7 nitrogen and oxygen atoms in total. The highest BCUT2D eigenvalue weighted by Crippen LogP contribution is 2.41. The molecule has 8 heteroatoms. The van der Waals surface area contributed by atoms with E-state index < -0.39 is 29.3 Å². The first-order valence-electron chi connectivity index (χ1n) is 9.44. The van der Waals surface area contributed by atoms with Crippen LogP contribution in [-0.4, -0.2) is 55.2 Å². The van der Waals surface area contributed by atoms with Gasteiger partial charge in [-0.2, -0.15) is 0 Å². The number of Topliss-reactive ketones (excluding diaryl/α,β-unsaturated/α-hetero) is 1. The third-order valence-corrected chi connectivity index (χ3v) is 5.09. The lowest BCUT2D eigenvalue weighted by Crippen LogP contribution is -2.33. The molecule has 2 aliphatic rings. The van der Waals surface area contributed by atoms with E-state index >= 15 is 0 Å². The molecule has 0 spiro atoms. The van der Waals surface area contributed by atoms with Crippen molar-refractivity contribution in [2.24, 2.45) is 0 Å². The molecule has 2 heterocycles. The van der Waals surface area contributed by atoms with Crippen LogP contribution in [-0.2, 0) is 14.3 Å². The second kappa shape index (κ2) is 8.16. The van der Waals surface area contributed by atoms with Gasteiger partial charge in [-0.05, 0) is 24.3 Å². The van der Waals surface area contributed by atoms with Gasteiger partial charge in [-0.25, -0.2) is 4.39 Å². The van der Waals surface area contributed by atoms with Crippen molar-refractivity contribution in [3.8, 4) is 11.5 Å². The minimum atomic E-state index is -1.07. The Hall–Kier alpha value is -3.39. The fraction of sp³-hybridized carbons (Fsp3) is 0.273. The van der Waals surface area contributed by atoms with E-state index in [0.717, 1.165) is 0 Å². The number of carbonyl (C=O) groups is 2. The first-order valence-corrected chi connectivity index (χ1v) is 9.44. The van der Waals surface area contributed by atoms with Crippen LogP contribution in [0.15, 0.2) is 48.0 Å². The maximum atomic E-state index is 14.6. The van der Waals surface area contributed by atoms with Crippen LogP contribution in [0.25, 0.3) is 5.76 Å². The number of rotatable bonds is 5. The van der Waals surface area contributed by atoms with Crippen LogP contribution in [0.1, 0.15) is 17.2 Å². The van der Waals surface area contributed by atoms with E-state index in [4.69, 9.17) is 14.2 Å². The molecule has 1 fully saturated rings. The summed E-state index contributed by atoms with van der Waals surface area (Å²) in [7, 11) is 1.46. The number of carbonyl (C=O) groups excluding carboxylic acids is 2. The second-order valence-corrected chi connectivity index (χ2v) is 6.87. The normalized spacial score (nSPS) is 19.9. The topological polar surface area (TPSA) is 85.3 Å². The molecule has 30 heavy (non-hydrogen) atoms. The number of fused-ring (bicyclic) bond motifs is 1. The van der Waals surface area contributed by atoms with Gasteiger partial charge in [0.05, 0.1) is 18.2 Å². The maximum absolute atomic E-state index is 14.6. The predicted octanol–water partition coefficient (Wildman–Crippen LogP) is 2.67. The summed E-state index contributed by atoms with van der Waals surface area (Å²) < 4.78 is 30.7. The number of aliphatic hydroxyl groups excluding tert-OH is 1. The second-order valence-electron chi connectivity index (χ2n) is 6.87. The van der Waals surface area contributed by atoms with Crippen LogP contribution in [0.3, 0.4) is 0 Å². The Balaban J connectivity index is 1.85. The van der Waals surface area contributed by atoms with Gasteiger partial charge in [0.2, 0.25) is 0 Å². The molecule has 1 N–H and O–H groups in total. The molecular formula is C22H20FNO6. The zero-order valence-electron chi connectivity index (χ0n) is 16.3. The number of ether oxygens (including phenoxy) is 3. The Morgan fingerprint density at radius 3 is 2.63 bits per heavy atom. The summed E-state index contributed by atoms with van der Waals surface area (Å²) in [4.78, 5) is 26.8. The molecule has 1 saturated heterocycles. The summed E-state index contributed by atoms with van der Waals surface area (Å²) in [5.41, 5.74) is 0.204. The minimum Gasteiger partial charge on any atom is -0.507 e. The SMILES string of the molecule is COCCN1C(=O)C(=O)/C(=C(/O)c2ccc3c(c2)OCCO3)[C@H]1c1ccccc1F. The number of methoxy groups -OCH3 is 1. The van der Waals surface area contributed by atoms with E-state index in [1.807, 2.05) is 0 Å². The molecular weight excluding hydrogens is 393 g/mol. The first-order chi connectivity index (χ1) is 14.5. The quantitative estimate of drug-likeness (QED) is 0.461. The Morgan fingerprint density at radius 1 is 1.17 bits per heavy atom. The smallest absolute Gasteiger partial charge is 0.295 e. The molecule has 2 aromatic rings. The van der Waals surface area contributed by atoms with E-state index in [9.17, 15) is 19.1 Å². The number of halogens is 1. The van der Waals surface area contributed by atoms with Crippen molar-refractivity contribution in [2.75, 3.05) is 33.5 Å². The lowest BCUT2D eigenvalue weighted by atomic mass is 9.95. The van der Waals surface area contributed by atoms with E-state index in [1.54, 1.807) is 18.2 Å². The zero-order valence-corrected chi connectivity index (χ0v) is 16.3. The van der Waals surface area contributed by atoms with Crippen molar-refractivity contribution in [2.45, 2.75) is 6.04 Å². The number of hydrogen-bond acceptors (Lipinski definition) is 6.